The number of hydrogen-bond acceptors (Lipinski definition) is 3. The lowest BCUT2D eigenvalue weighted by Gasteiger charge is -2.25. The third-order valence-corrected chi connectivity index (χ3v) is 7.14. The highest BCUT2D eigenvalue weighted by molar-refractivity contribution is 7.92. The van der Waals surface area contributed by atoms with E-state index < -0.39 is 39.2 Å². The minimum absolute atomic E-state index is 0.154. The molecule has 3 aromatic carbocycles. The van der Waals surface area contributed by atoms with Crippen molar-refractivity contribution in [2.45, 2.75) is 24.4 Å². The Labute approximate surface area is 201 Å². The molecule has 0 fully saturated rings. The summed E-state index contributed by atoms with van der Waals surface area (Å²) in [6.07, 6.45) is -4.29. The van der Waals surface area contributed by atoms with E-state index in [1.807, 2.05) is 30.3 Å². The Morgan fingerprint density at radius 3 is 2.26 bits per heavy atom. The molecule has 0 saturated carbocycles. The molecule has 0 atom stereocenters. The zero-order chi connectivity index (χ0) is 24.9. The van der Waals surface area contributed by atoms with Crippen molar-refractivity contribution in [3.8, 4) is 0 Å². The molecular formula is C24H22ClF3N2O3S. The molecule has 0 saturated heterocycles. The molecule has 0 radical (unpaired) electrons. The first-order valence-electron chi connectivity index (χ1n) is 10.3. The number of carbonyl (C=O) groups is 1. The van der Waals surface area contributed by atoms with Gasteiger partial charge >= 0.3 is 6.18 Å². The third-order valence-electron chi connectivity index (χ3n) is 5.02. The maximum absolute atomic E-state index is 13.4. The molecule has 3 rings (SSSR count). The number of benzene rings is 3. The molecule has 1 amide bonds. The number of nitrogens with one attached hydrogen (secondary N) is 1. The highest BCUT2D eigenvalue weighted by atomic mass is 35.5. The minimum atomic E-state index is -4.80. The van der Waals surface area contributed by atoms with Crippen molar-refractivity contribution in [1.82, 2.24) is 5.32 Å². The second kappa shape index (κ2) is 10.5. The molecule has 0 bridgehead atoms. The molecule has 0 aliphatic rings. The molecular weight excluding hydrogens is 489 g/mol. The number of halogens is 4. The Morgan fingerprint density at radius 2 is 1.65 bits per heavy atom. The van der Waals surface area contributed by atoms with Crippen LogP contribution in [0.1, 0.15) is 16.7 Å². The molecule has 3 aromatic rings. The van der Waals surface area contributed by atoms with Gasteiger partial charge in [-0.25, -0.2) is 8.42 Å². The first-order valence-corrected chi connectivity index (χ1v) is 12.1. The SMILES string of the molecule is Cc1ccc(S(=O)(=O)N(CC(=O)NCCc2ccccc2)c2ccc(Cl)c(C(F)(F)F)c2)cc1. The summed E-state index contributed by atoms with van der Waals surface area (Å²) in [7, 11) is -4.36. The second-order valence-corrected chi connectivity index (χ2v) is 9.84. The fraction of sp³-hybridized carbons (Fsp3) is 0.208. The normalized spacial score (nSPS) is 11.8. The van der Waals surface area contributed by atoms with Crippen LogP contribution < -0.4 is 9.62 Å². The van der Waals surface area contributed by atoms with Crippen LogP contribution >= 0.6 is 11.6 Å². The van der Waals surface area contributed by atoms with Gasteiger partial charge in [0, 0.05) is 6.54 Å². The fourth-order valence-corrected chi connectivity index (χ4v) is 4.85. The van der Waals surface area contributed by atoms with Gasteiger partial charge in [-0.2, -0.15) is 13.2 Å². The summed E-state index contributed by atoms with van der Waals surface area (Å²) < 4.78 is 67.6. The number of aryl methyl sites for hydroxylation is 1. The fourth-order valence-electron chi connectivity index (χ4n) is 3.22. The number of amides is 1. The number of nitrogens with zero attached hydrogens (tertiary/aromatic N) is 1. The predicted molar refractivity (Wildman–Crippen MR) is 125 cm³/mol. The van der Waals surface area contributed by atoms with Gasteiger partial charge in [-0.1, -0.05) is 59.6 Å². The van der Waals surface area contributed by atoms with Crippen molar-refractivity contribution in [1.29, 1.82) is 0 Å². The molecule has 1 N–H and O–H groups in total. The molecule has 0 aromatic heterocycles. The van der Waals surface area contributed by atoms with Crippen LogP contribution in [-0.2, 0) is 27.4 Å². The van der Waals surface area contributed by atoms with E-state index in [9.17, 15) is 26.4 Å². The lowest BCUT2D eigenvalue weighted by Crippen LogP contribution is -2.41. The Kier molecular flexibility index (Phi) is 7.89. The van der Waals surface area contributed by atoms with Crippen LogP contribution in [0.4, 0.5) is 18.9 Å². The van der Waals surface area contributed by atoms with Crippen molar-refractivity contribution in [3.05, 3.63) is 94.5 Å². The first kappa shape index (κ1) is 25.6. The van der Waals surface area contributed by atoms with Crippen molar-refractivity contribution >= 4 is 33.2 Å². The molecule has 0 aliphatic heterocycles. The van der Waals surface area contributed by atoms with Gasteiger partial charge in [0.1, 0.15) is 6.54 Å². The molecule has 0 spiro atoms. The summed E-state index contributed by atoms with van der Waals surface area (Å²) in [5.74, 6) is -0.657. The summed E-state index contributed by atoms with van der Waals surface area (Å²) >= 11 is 5.70. The van der Waals surface area contributed by atoms with E-state index in [-0.39, 0.29) is 17.1 Å². The van der Waals surface area contributed by atoms with E-state index in [0.29, 0.717) is 16.8 Å². The Morgan fingerprint density at radius 1 is 1.00 bits per heavy atom. The molecule has 0 unspecified atom stereocenters. The molecule has 0 heterocycles. The van der Waals surface area contributed by atoms with Crippen molar-refractivity contribution in [2.24, 2.45) is 0 Å². The highest BCUT2D eigenvalue weighted by Gasteiger charge is 2.35. The lowest BCUT2D eigenvalue weighted by atomic mass is 10.1. The van der Waals surface area contributed by atoms with Crippen molar-refractivity contribution in [2.75, 3.05) is 17.4 Å². The van der Waals surface area contributed by atoms with Crippen LogP contribution in [0.3, 0.4) is 0 Å². The predicted octanol–water partition coefficient (Wildman–Crippen LogP) is 5.22. The van der Waals surface area contributed by atoms with E-state index in [0.717, 1.165) is 23.3 Å². The van der Waals surface area contributed by atoms with Crippen molar-refractivity contribution < 1.29 is 26.4 Å². The monoisotopic (exact) mass is 510 g/mol. The van der Waals surface area contributed by atoms with Crippen molar-refractivity contribution in [3.63, 3.8) is 0 Å². The molecule has 5 nitrogen and oxygen atoms in total. The molecule has 34 heavy (non-hydrogen) atoms. The van der Waals surface area contributed by atoms with E-state index >= 15 is 0 Å². The van der Waals surface area contributed by atoms with Crippen LogP contribution in [0.5, 0.6) is 0 Å². The first-order chi connectivity index (χ1) is 16.0. The van der Waals surface area contributed by atoms with E-state index in [1.165, 1.54) is 12.1 Å². The smallest absolute Gasteiger partial charge is 0.354 e. The van der Waals surface area contributed by atoms with Gasteiger partial charge in [0.25, 0.3) is 10.0 Å². The number of carbonyl (C=O) groups excluding carboxylic acids is 1. The summed E-state index contributed by atoms with van der Waals surface area (Å²) in [4.78, 5) is 12.5. The van der Waals surface area contributed by atoms with Gasteiger partial charge in [0.2, 0.25) is 5.91 Å². The Balaban J connectivity index is 1.91. The largest absolute Gasteiger partial charge is 0.417 e. The third kappa shape index (κ3) is 6.30. The zero-order valence-electron chi connectivity index (χ0n) is 18.1. The maximum Gasteiger partial charge on any atom is 0.417 e. The summed E-state index contributed by atoms with van der Waals surface area (Å²) in [6, 6.07) is 17.9. The van der Waals surface area contributed by atoms with Crippen LogP contribution in [0.15, 0.2) is 77.7 Å². The standard InChI is InChI=1S/C24H22ClF3N2O3S/c1-17-7-10-20(11-8-17)34(32,33)30(19-9-12-22(25)21(15-19)24(26,27)28)16-23(31)29-14-13-18-5-3-2-4-6-18/h2-12,15H,13-14,16H2,1H3,(H,29,31). The van der Waals surface area contributed by atoms with Crippen LogP contribution in [-0.4, -0.2) is 27.4 Å². The van der Waals surface area contributed by atoms with Gasteiger partial charge in [-0.3, -0.25) is 9.10 Å². The topological polar surface area (TPSA) is 66.5 Å². The molecule has 10 heteroatoms. The number of hydrogen-bond donors (Lipinski definition) is 1. The molecule has 0 aliphatic carbocycles. The lowest BCUT2D eigenvalue weighted by molar-refractivity contribution is -0.137. The Bertz CT molecular complexity index is 1250. The quantitative estimate of drug-likeness (QED) is 0.452. The van der Waals surface area contributed by atoms with Gasteiger partial charge in [0.15, 0.2) is 0 Å². The maximum atomic E-state index is 13.4. The summed E-state index contributed by atoms with van der Waals surface area (Å²) in [6.45, 7) is 1.29. The highest BCUT2D eigenvalue weighted by Crippen LogP contribution is 2.38. The number of alkyl halides is 3. The van der Waals surface area contributed by atoms with E-state index in [2.05, 4.69) is 5.32 Å². The number of sulfonamides is 1. The summed E-state index contributed by atoms with van der Waals surface area (Å²) in [5, 5.41) is 2.05. The van der Waals surface area contributed by atoms with Gasteiger partial charge in [-0.15, -0.1) is 0 Å². The average molecular weight is 511 g/mol. The van der Waals surface area contributed by atoms with E-state index in [4.69, 9.17) is 11.6 Å². The average Bonchev–Trinajstić information content (AvgIpc) is 2.78. The Hall–Kier alpha value is -3.04. The van der Waals surface area contributed by atoms with Crippen LogP contribution in [0.25, 0.3) is 0 Å². The summed E-state index contributed by atoms with van der Waals surface area (Å²) in [5.41, 5.74) is 0.255. The van der Waals surface area contributed by atoms with E-state index in [1.54, 1.807) is 19.1 Å². The number of rotatable bonds is 8. The van der Waals surface area contributed by atoms with Crippen LogP contribution in [0, 0.1) is 6.92 Å². The second-order valence-electron chi connectivity index (χ2n) is 7.57. The van der Waals surface area contributed by atoms with Crippen LogP contribution in [0.2, 0.25) is 5.02 Å². The zero-order valence-corrected chi connectivity index (χ0v) is 19.7. The van der Waals surface area contributed by atoms with Gasteiger partial charge in [-0.05, 0) is 49.2 Å². The number of anilines is 1. The minimum Gasteiger partial charge on any atom is -0.354 e. The van der Waals surface area contributed by atoms with Gasteiger partial charge < -0.3 is 5.32 Å². The molecule has 180 valence electrons. The van der Waals surface area contributed by atoms with Gasteiger partial charge in [0.05, 0.1) is 21.2 Å².